The van der Waals surface area contributed by atoms with Gasteiger partial charge in [-0.2, -0.15) is 5.10 Å². The van der Waals surface area contributed by atoms with Gasteiger partial charge in [-0.25, -0.2) is 4.39 Å². The molecule has 2 aromatic rings. The smallest absolute Gasteiger partial charge is 0.170 e. The molecule has 4 N–H and O–H groups in total. The highest BCUT2D eigenvalue weighted by molar-refractivity contribution is 5.97. The Bertz CT molecular complexity index is 608. The average molecular weight is 263 g/mol. The summed E-state index contributed by atoms with van der Waals surface area (Å²) in [7, 11) is 1.80. The fraction of sp³-hybridized carbons (Fsp3) is 0.167. The molecule has 0 aliphatic rings. The second-order valence-corrected chi connectivity index (χ2v) is 4.02. The van der Waals surface area contributed by atoms with Gasteiger partial charge < -0.3 is 16.3 Å². The number of rotatable bonds is 4. The van der Waals surface area contributed by atoms with E-state index in [1.165, 1.54) is 6.07 Å². The molecule has 0 amide bonds. The normalized spacial score (nSPS) is 11.6. The summed E-state index contributed by atoms with van der Waals surface area (Å²) in [5.41, 5.74) is 6.19. The van der Waals surface area contributed by atoms with Crippen molar-refractivity contribution in [1.82, 2.24) is 9.78 Å². The lowest BCUT2D eigenvalue weighted by molar-refractivity contribution is 0.318. The first kappa shape index (κ1) is 12.9. The molecule has 100 valence electrons. The second kappa shape index (κ2) is 5.38. The van der Waals surface area contributed by atoms with E-state index in [0.717, 1.165) is 0 Å². The Kier molecular flexibility index (Phi) is 3.65. The number of benzene rings is 1. The number of nitrogens with two attached hydrogens (primary N) is 1. The van der Waals surface area contributed by atoms with Crippen molar-refractivity contribution in [2.24, 2.45) is 17.9 Å². The van der Waals surface area contributed by atoms with Gasteiger partial charge in [-0.3, -0.25) is 4.68 Å². The molecule has 0 aliphatic heterocycles. The van der Waals surface area contributed by atoms with Crippen LogP contribution < -0.4 is 11.1 Å². The highest BCUT2D eigenvalue weighted by atomic mass is 19.1. The van der Waals surface area contributed by atoms with E-state index < -0.39 is 5.82 Å². The van der Waals surface area contributed by atoms with E-state index in [-0.39, 0.29) is 5.84 Å². The zero-order chi connectivity index (χ0) is 13.8. The zero-order valence-corrected chi connectivity index (χ0v) is 10.3. The molecule has 0 atom stereocenters. The van der Waals surface area contributed by atoms with Crippen LogP contribution in [0.5, 0.6) is 0 Å². The Labute approximate surface area is 109 Å². The number of aryl methyl sites for hydroxylation is 1. The highest BCUT2D eigenvalue weighted by Crippen LogP contribution is 2.12. The van der Waals surface area contributed by atoms with Gasteiger partial charge in [0, 0.05) is 37.0 Å². The first-order valence-corrected chi connectivity index (χ1v) is 5.60. The van der Waals surface area contributed by atoms with Crippen molar-refractivity contribution in [3.8, 4) is 0 Å². The number of halogens is 1. The predicted octanol–water partition coefficient (Wildman–Crippen LogP) is 1.27. The Morgan fingerprint density at radius 2 is 2.32 bits per heavy atom. The molecule has 0 bridgehead atoms. The number of aromatic nitrogens is 2. The summed E-state index contributed by atoms with van der Waals surface area (Å²) >= 11 is 0. The maximum absolute atomic E-state index is 13.8. The Hall–Kier alpha value is -2.57. The van der Waals surface area contributed by atoms with Gasteiger partial charge in [-0.1, -0.05) is 17.3 Å². The lowest BCUT2D eigenvalue weighted by Gasteiger charge is -2.06. The van der Waals surface area contributed by atoms with Gasteiger partial charge in [0.25, 0.3) is 0 Å². The molecule has 6 nitrogen and oxygen atoms in total. The van der Waals surface area contributed by atoms with E-state index in [9.17, 15) is 4.39 Å². The van der Waals surface area contributed by atoms with Gasteiger partial charge in [0.05, 0.1) is 0 Å². The third-order valence-electron chi connectivity index (χ3n) is 2.63. The lowest BCUT2D eigenvalue weighted by Crippen LogP contribution is -2.14. The van der Waals surface area contributed by atoms with E-state index in [1.54, 1.807) is 36.1 Å². The molecule has 0 unspecified atom stereocenters. The molecule has 0 saturated heterocycles. The van der Waals surface area contributed by atoms with Crippen molar-refractivity contribution in [2.45, 2.75) is 6.54 Å². The topological polar surface area (TPSA) is 88.5 Å². The van der Waals surface area contributed by atoms with Crippen LogP contribution in [0.1, 0.15) is 11.1 Å². The summed E-state index contributed by atoms with van der Waals surface area (Å²) in [6.07, 6.45) is 1.79. The summed E-state index contributed by atoms with van der Waals surface area (Å²) < 4.78 is 15.4. The minimum absolute atomic E-state index is 0.122. The van der Waals surface area contributed by atoms with Crippen molar-refractivity contribution in [2.75, 3.05) is 5.32 Å². The number of hydrogen-bond donors (Lipinski definition) is 3. The summed E-state index contributed by atoms with van der Waals surface area (Å²) in [6.45, 7) is 0.305. The van der Waals surface area contributed by atoms with E-state index in [2.05, 4.69) is 15.6 Å². The third kappa shape index (κ3) is 3.01. The standard InChI is InChI=1S/C12H14FN5O/c1-18-5-4-11(16-18)15-7-9-3-2-8(6-10(9)13)12(14)17-19/h2-6,19H,7H2,1H3,(H2,14,17)(H,15,16). The zero-order valence-electron chi connectivity index (χ0n) is 10.3. The molecule has 0 fully saturated rings. The number of amidine groups is 1. The lowest BCUT2D eigenvalue weighted by atomic mass is 10.1. The van der Waals surface area contributed by atoms with Crippen LogP contribution in [-0.2, 0) is 13.6 Å². The molecule has 0 radical (unpaired) electrons. The summed E-state index contributed by atoms with van der Waals surface area (Å²) in [4.78, 5) is 0. The molecule has 7 heteroatoms. The molecule has 1 aromatic heterocycles. The monoisotopic (exact) mass is 263 g/mol. The molecule has 0 saturated carbocycles. The van der Waals surface area contributed by atoms with Crippen LogP contribution in [-0.4, -0.2) is 20.8 Å². The minimum Gasteiger partial charge on any atom is -0.409 e. The van der Waals surface area contributed by atoms with Gasteiger partial charge in [0.1, 0.15) is 11.6 Å². The maximum atomic E-state index is 13.8. The van der Waals surface area contributed by atoms with E-state index in [4.69, 9.17) is 10.9 Å². The van der Waals surface area contributed by atoms with Gasteiger partial charge in [-0.05, 0) is 6.07 Å². The van der Waals surface area contributed by atoms with Crippen molar-refractivity contribution in [1.29, 1.82) is 0 Å². The highest BCUT2D eigenvalue weighted by Gasteiger charge is 2.07. The Morgan fingerprint density at radius 1 is 1.53 bits per heavy atom. The summed E-state index contributed by atoms with van der Waals surface area (Å²) in [5.74, 6) is 0.123. The molecule has 0 aliphatic carbocycles. The van der Waals surface area contributed by atoms with Crippen molar-refractivity contribution in [3.63, 3.8) is 0 Å². The van der Waals surface area contributed by atoms with Crippen LogP contribution in [0.4, 0.5) is 10.2 Å². The van der Waals surface area contributed by atoms with Gasteiger partial charge in [-0.15, -0.1) is 0 Å². The Balaban J connectivity index is 2.09. The number of nitrogens with zero attached hydrogens (tertiary/aromatic N) is 3. The molecular formula is C12H14FN5O. The van der Waals surface area contributed by atoms with Crippen LogP contribution in [0, 0.1) is 5.82 Å². The Morgan fingerprint density at radius 3 is 2.89 bits per heavy atom. The number of anilines is 1. The van der Waals surface area contributed by atoms with Crippen LogP contribution in [0.3, 0.4) is 0 Å². The maximum Gasteiger partial charge on any atom is 0.170 e. The average Bonchev–Trinajstić information content (AvgIpc) is 2.82. The number of oxime groups is 1. The minimum atomic E-state index is -0.424. The second-order valence-electron chi connectivity index (χ2n) is 4.02. The number of hydrogen-bond acceptors (Lipinski definition) is 4. The van der Waals surface area contributed by atoms with Gasteiger partial charge in [0.15, 0.2) is 5.84 Å². The van der Waals surface area contributed by atoms with E-state index >= 15 is 0 Å². The van der Waals surface area contributed by atoms with Crippen LogP contribution >= 0.6 is 0 Å². The predicted molar refractivity (Wildman–Crippen MR) is 69.4 cm³/mol. The largest absolute Gasteiger partial charge is 0.409 e. The molecular weight excluding hydrogens is 249 g/mol. The van der Waals surface area contributed by atoms with E-state index in [0.29, 0.717) is 23.5 Å². The van der Waals surface area contributed by atoms with Gasteiger partial charge in [0.2, 0.25) is 0 Å². The fourth-order valence-corrected chi connectivity index (χ4v) is 1.60. The van der Waals surface area contributed by atoms with Crippen molar-refractivity contribution < 1.29 is 9.60 Å². The van der Waals surface area contributed by atoms with E-state index in [1.807, 2.05) is 0 Å². The quantitative estimate of drug-likeness (QED) is 0.335. The number of nitrogens with one attached hydrogen (secondary N) is 1. The molecule has 1 heterocycles. The molecule has 2 rings (SSSR count). The third-order valence-corrected chi connectivity index (χ3v) is 2.63. The van der Waals surface area contributed by atoms with Crippen LogP contribution in [0.15, 0.2) is 35.6 Å². The van der Waals surface area contributed by atoms with Crippen molar-refractivity contribution >= 4 is 11.7 Å². The first-order valence-electron chi connectivity index (χ1n) is 5.60. The van der Waals surface area contributed by atoms with Crippen LogP contribution in [0.25, 0.3) is 0 Å². The summed E-state index contributed by atoms with van der Waals surface area (Å²) in [5, 5.41) is 18.5. The molecule has 1 aromatic carbocycles. The molecule has 0 spiro atoms. The molecule has 19 heavy (non-hydrogen) atoms. The van der Waals surface area contributed by atoms with Crippen LogP contribution in [0.2, 0.25) is 0 Å². The first-order chi connectivity index (χ1) is 9.10. The van der Waals surface area contributed by atoms with Gasteiger partial charge >= 0.3 is 0 Å². The fourth-order valence-electron chi connectivity index (χ4n) is 1.60. The van der Waals surface area contributed by atoms with Crippen molar-refractivity contribution in [3.05, 3.63) is 47.4 Å². The summed E-state index contributed by atoms with van der Waals surface area (Å²) in [6, 6.07) is 6.19. The SMILES string of the molecule is Cn1ccc(NCc2ccc(C(N)=NO)cc2F)n1.